The molecule has 0 saturated carbocycles. The van der Waals surface area contributed by atoms with E-state index in [1.807, 2.05) is 24.3 Å². The van der Waals surface area contributed by atoms with Crippen LogP contribution in [0.2, 0.25) is 5.02 Å². The Morgan fingerprint density at radius 1 is 1.28 bits per heavy atom. The molecular formula is C15H16ClNO. The van der Waals surface area contributed by atoms with Gasteiger partial charge in [0.05, 0.1) is 5.02 Å². The number of rotatable bonds is 4. The van der Waals surface area contributed by atoms with Crippen LogP contribution in [-0.4, -0.2) is 4.98 Å². The molecule has 0 amide bonds. The third kappa shape index (κ3) is 3.23. The summed E-state index contributed by atoms with van der Waals surface area (Å²) in [6, 6.07) is 9.81. The van der Waals surface area contributed by atoms with Gasteiger partial charge in [0, 0.05) is 18.0 Å². The molecule has 1 aromatic carbocycles. The fourth-order valence-electron chi connectivity index (χ4n) is 1.64. The molecule has 2 rings (SSSR count). The Labute approximate surface area is 113 Å². The van der Waals surface area contributed by atoms with Gasteiger partial charge in [-0.3, -0.25) is 4.98 Å². The van der Waals surface area contributed by atoms with Gasteiger partial charge in [-0.05, 0) is 29.7 Å². The van der Waals surface area contributed by atoms with E-state index in [1.54, 1.807) is 12.4 Å². The topological polar surface area (TPSA) is 22.1 Å². The van der Waals surface area contributed by atoms with Crippen molar-refractivity contribution in [3.05, 3.63) is 58.9 Å². The van der Waals surface area contributed by atoms with Crippen LogP contribution in [-0.2, 0) is 6.61 Å². The number of halogens is 1. The van der Waals surface area contributed by atoms with Gasteiger partial charge in [0.2, 0.25) is 0 Å². The molecule has 94 valence electrons. The summed E-state index contributed by atoms with van der Waals surface area (Å²) in [4.78, 5) is 4.04. The van der Waals surface area contributed by atoms with Crippen molar-refractivity contribution in [2.45, 2.75) is 26.4 Å². The first-order valence-corrected chi connectivity index (χ1v) is 6.36. The quantitative estimate of drug-likeness (QED) is 0.812. The Morgan fingerprint density at radius 3 is 2.72 bits per heavy atom. The lowest BCUT2D eigenvalue weighted by atomic mass is 10.0. The maximum absolute atomic E-state index is 6.20. The molecule has 2 nitrogen and oxygen atoms in total. The Hall–Kier alpha value is -1.54. The highest BCUT2D eigenvalue weighted by Gasteiger charge is 2.05. The number of nitrogens with zero attached hydrogens (tertiary/aromatic N) is 1. The molecule has 0 aliphatic heterocycles. The predicted molar refractivity (Wildman–Crippen MR) is 74.1 cm³/mol. The molecule has 1 heterocycles. The standard InChI is InChI=1S/C15H16ClNO/c1-11(2)13-5-6-15(14(16)8-13)18-10-12-4-3-7-17-9-12/h3-9,11H,10H2,1-2H3. The SMILES string of the molecule is CC(C)c1ccc(OCc2cccnc2)c(Cl)c1. The minimum atomic E-state index is 0.467. The Bertz CT molecular complexity index is 511. The van der Waals surface area contributed by atoms with E-state index in [2.05, 4.69) is 24.9 Å². The van der Waals surface area contributed by atoms with Crippen LogP contribution in [0.3, 0.4) is 0 Å². The number of ether oxygens (including phenoxy) is 1. The van der Waals surface area contributed by atoms with E-state index in [9.17, 15) is 0 Å². The van der Waals surface area contributed by atoms with Crippen LogP contribution in [0.15, 0.2) is 42.7 Å². The van der Waals surface area contributed by atoms with Gasteiger partial charge < -0.3 is 4.74 Å². The fraction of sp³-hybridized carbons (Fsp3) is 0.267. The highest BCUT2D eigenvalue weighted by Crippen LogP contribution is 2.28. The van der Waals surface area contributed by atoms with Gasteiger partial charge in [0.15, 0.2) is 0 Å². The second-order valence-electron chi connectivity index (χ2n) is 4.49. The largest absolute Gasteiger partial charge is 0.487 e. The van der Waals surface area contributed by atoms with Crippen LogP contribution in [0.5, 0.6) is 5.75 Å². The highest BCUT2D eigenvalue weighted by molar-refractivity contribution is 6.32. The first kappa shape index (κ1) is 12.9. The number of aromatic nitrogens is 1. The van der Waals surface area contributed by atoms with Gasteiger partial charge in [-0.25, -0.2) is 0 Å². The Balaban J connectivity index is 2.06. The monoisotopic (exact) mass is 261 g/mol. The summed E-state index contributed by atoms with van der Waals surface area (Å²) in [7, 11) is 0. The number of pyridine rings is 1. The first-order valence-electron chi connectivity index (χ1n) is 5.98. The minimum Gasteiger partial charge on any atom is -0.487 e. The third-order valence-corrected chi connectivity index (χ3v) is 3.04. The molecule has 18 heavy (non-hydrogen) atoms. The van der Waals surface area contributed by atoms with E-state index in [1.165, 1.54) is 5.56 Å². The summed E-state index contributed by atoms with van der Waals surface area (Å²) in [5, 5.41) is 0.657. The molecule has 0 unspecified atom stereocenters. The summed E-state index contributed by atoms with van der Waals surface area (Å²) in [5.41, 5.74) is 2.25. The lowest BCUT2D eigenvalue weighted by molar-refractivity contribution is 0.306. The molecule has 0 saturated heterocycles. The molecule has 0 radical (unpaired) electrons. The van der Waals surface area contributed by atoms with Gasteiger partial charge >= 0.3 is 0 Å². The van der Waals surface area contributed by atoms with Crippen molar-refractivity contribution < 1.29 is 4.74 Å². The van der Waals surface area contributed by atoms with Crippen molar-refractivity contribution in [2.24, 2.45) is 0 Å². The molecular weight excluding hydrogens is 246 g/mol. The van der Waals surface area contributed by atoms with Gasteiger partial charge in [0.25, 0.3) is 0 Å². The van der Waals surface area contributed by atoms with Crippen molar-refractivity contribution in [1.29, 1.82) is 0 Å². The maximum Gasteiger partial charge on any atom is 0.138 e. The van der Waals surface area contributed by atoms with E-state index in [-0.39, 0.29) is 0 Å². The number of hydrogen-bond acceptors (Lipinski definition) is 2. The van der Waals surface area contributed by atoms with Crippen molar-refractivity contribution in [3.8, 4) is 5.75 Å². The van der Waals surface area contributed by atoms with Crippen LogP contribution >= 0.6 is 11.6 Å². The summed E-state index contributed by atoms with van der Waals surface area (Å²) in [5.74, 6) is 1.18. The van der Waals surface area contributed by atoms with Gasteiger partial charge in [-0.15, -0.1) is 0 Å². The predicted octanol–water partition coefficient (Wildman–Crippen LogP) is 4.44. The second-order valence-corrected chi connectivity index (χ2v) is 4.90. The fourth-order valence-corrected chi connectivity index (χ4v) is 1.88. The average molecular weight is 262 g/mol. The normalized spacial score (nSPS) is 10.7. The Morgan fingerprint density at radius 2 is 2.11 bits per heavy atom. The van der Waals surface area contributed by atoms with Crippen LogP contribution < -0.4 is 4.74 Å². The molecule has 2 aromatic rings. The van der Waals surface area contributed by atoms with E-state index >= 15 is 0 Å². The maximum atomic E-state index is 6.20. The van der Waals surface area contributed by atoms with Crippen LogP contribution in [0, 0.1) is 0 Å². The van der Waals surface area contributed by atoms with Crippen molar-refractivity contribution in [3.63, 3.8) is 0 Å². The van der Waals surface area contributed by atoms with E-state index in [0.717, 1.165) is 5.56 Å². The van der Waals surface area contributed by atoms with E-state index in [0.29, 0.717) is 23.3 Å². The zero-order chi connectivity index (χ0) is 13.0. The molecule has 0 aliphatic rings. The molecule has 0 spiro atoms. The lowest BCUT2D eigenvalue weighted by Gasteiger charge is -2.11. The molecule has 0 bridgehead atoms. The number of benzene rings is 1. The van der Waals surface area contributed by atoms with Crippen LogP contribution in [0.1, 0.15) is 30.9 Å². The molecule has 0 fully saturated rings. The smallest absolute Gasteiger partial charge is 0.138 e. The first-order chi connectivity index (χ1) is 8.66. The van der Waals surface area contributed by atoms with Crippen LogP contribution in [0.25, 0.3) is 0 Å². The number of hydrogen-bond donors (Lipinski definition) is 0. The minimum absolute atomic E-state index is 0.467. The highest BCUT2D eigenvalue weighted by atomic mass is 35.5. The average Bonchev–Trinajstić information content (AvgIpc) is 2.38. The van der Waals surface area contributed by atoms with Crippen molar-refractivity contribution >= 4 is 11.6 Å². The van der Waals surface area contributed by atoms with Crippen molar-refractivity contribution in [2.75, 3.05) is 0 Å². The molecule has 0 atom stereocenters. The van der Waals surface area contributed by atoms with Crippen molar-refractivity contribution in [1.82, 2.24) is 4.98 Å². The zero-order valence-corrected chi connectivity index (χ0v) is 11.3. The molecule has 1 aromatic heterocycles. The summed E-state index contributed by atoms with van der Waals surface area (Å²) in [6.45, 7) is 4.76. The molecule has 0 N–H and O–H groups in total. The lowest BCUT2D eigenvalue weighted by Crippen LogP contribution is -1.97. The Kier molecular flexibility index (Phi) is 4.21. The summed E-state index contributed by atoms with van der Waals surface area (Å²) in [6.07, 6.45) is 3.53. The second kappa shape index (κ2) is 5.87. The van der Waals surface area contributed by atoms with E-state index in [4.69, 9.17) is 16.3 Å². The van der Waals surface area contributed by atoms with Crippen LogP contribution in [0.4, 0.5) is 0 Å². The molecule has 0 aliphatic carbocycles. The van der Waals surface area contributed by atoms with Gasteiger partial charge in [-0.2, -0.15) is 0 Å². The van der Waals surface area contributed by atoms with Gasteiger partial charge in [0.1, 0.15) is 12.4 Å². The van der Waals surface area contributed by atoms with E-state index < -0.39 is 0 Å². The summed E-state index contributed by atoms with van der Waals surface area (Å²) < 4.78 is 5.69. The molecule has 3 heteroatoms. The zero-order valence-electron chi connectivity index (χ0n) is 10.6. The van der Waals surface area contributed by atoms with Gasteiger partial charge in [-0.1, -0.05) is 37.6 Å². The summed E-state index contributed by atoms with van der Waals surface area (Å²) >= 11 is 6.20. The third-order valence-electron chi connectivity index (χ3n) is 2.74.